The van der Waals surface area contributed by atoms with Gasteiger partial charge in [0.25, 0.3) is 0 Å². The van der Waals surface area contributed by atoms with Gasteiger partial charge in [-0.15, -0.1) is 0 Å². The minimum absolute atomic E-state index is 0.288. The van der Waals surface area contributed by atoms with Crippen molar-refractivity contribution in [1.82, 2.24) is 14.9 Å². The Kier molecular flexibility index (Phi) is 4.02. The number of fused-ring (bicyclic) bond motifs is 1. The minimum Gasteiger partial charge on any atom is -0.310 e. The van der Waals surface area contributed by atoms with Crippen LogP contribution in [0.5, 0.6) is 0 Å². The van der Waals surface area contributed by atoms with Crippen LogP contribution in [0.1, 0.15) is 29.7 Å². The molecule has 108 valence electrons. The SMILES string of the molecule is CCNC(Cc1ccccc1C)c1cnn2ccccc12. The molecule has 0 amide bonds. The number of pyridine rings is 1. The predicted octanol–water partition coefficient (Wildman–Crippen LogP) is 3.54. The molecule has 3 nitrogen and oxygen atoms in total. The first-order valence-electron chi connectivity index (χ1n) is 7.49. The monoisotopic (exact) mass is 279 g/mol. The number of nitrogens with zero attached hydrogens (tertiary/aromatic N) is 2. The van der Waals surface area contributed by atoms with E-state index in [0.29, 0.717) is 0 Å². The lowest BCUT2D eigenvalue weighted by atomic mass is 9.97. The Bertz CT molecular complexity index is 730. The van der Waals surface area contributed by atoms with E-state index < -0.39 is 0 Å². The molecule has 0 aliphatic rings. The van der Waals surface area contributed by atoms with Crippen LogP contribution in [0.15, 0.2) is 54.9 Å². The smallest absolute Gasteiger partial charge is 0.0709 e. The van der Waals surface area contributed by atoms with Crippen LogP contribution in [0.3, 0.4) is 0 Å². The first-order valence-corrected chi connectivity index (χ1v) is 7.49. The normalized spacial score (nSPS) is 12.7. The lowest BCUT2D eigenvalue weighted by molar-refractivity contribution is 0.552. The fraction of sp³-hybridized carbons (Fsp3) is 0.278. The summed E-state index contributed by atoms with van der Waals surface area (Å²) in [6, 6.07) is 15.1. The zero-order valence-corrected chi connectivity index (χ0v) is 12.6. The molecule has 1 atom stereocenters. The van der Waals surface area contributed by atoms with Crippen molar-refractivity contribution in [3.8, 4) is 0 Å². The molecular formula is C18H21N3. The summed E-state index contributed by atoms with van der Waals surface area (Å²) < 4.78 is 1.94. The van der Waals surface area contributed by atoms with Gasteiger partial charge in [0.2, 0.25) is 0 Å². The van der Waals surface area contributed by atoms with E-state index in [4.69, 9.17) is 0 Å². The van der Waals surface area contributed by atoms with Crippen LogP contribution in [0.4, 0.5) is 0 Å². The van der Waals surface area contributed by atoms with Gasteiger partial charge in [0.15, 0.2) is 0 Å². The molecule has 1 unspecified atom stereocenters. The highest BCUT2D eigenvalue weighted by molar-refractivity contribution is 5.55. The number of aryl methyl sites for hydroxylation is 1. The molecule has 0 saturated carbocycles. The van der Waals surface area contributed by atoms with E-state index in [0.717, 1.165) is 13.0 Å². The third kappa shape index (κ3) is 2.83. The van der Waals surface area contributed by atoms with Crippen LogP contribution in [0.2, 0.25) is 0 Å². The zero-order valence-electron chi connectivity index (χ0n) is 12.6. The second-order valence-electron chi connectivity index (χ2n) is 5.37. The van der Waals surface area contributed by atoms with Crippen molar-refractivity contribution in [2.75, 3.05) is 6.54 Å². The molecular weight excluding hydrogens is 258 g/mol. The molecule has 3 aromatic rings. The van der Waals surface area contributed by atoms with Gasteiger partial charge in [-0.25, -0.2) is 4.52 Å². The molecule has 0 fully saturated rings. The van der Waals surface area contributed by atoms with Gasteiger partial charge in [0.05, 0.1) is 11.7 Å². The van der Waals surface area contributed by atoms with Crippen molar-refractivity contribution in [3.05, 3.63) is 71.5 Å². The number of likely N-dealkylation sites (N-methyl/N-ethyl adjacent to an activating group) is 1. The summed E-state index contributed by atoms with van der Waals surface area (Å²) in [4.78, 5) is 0. The summed E-state index contributed by atoms with van der Waals surface area (Å²) in [5.74, 6) is 0. The maximum Gasteiger partial charge on any atom is 0.0709 e. The van der Waals surface area contributed by atoms with Gasteiger partial charge in [0.1, 0.15) is 0 Å². The molecule has 21 heavy (non-hydrogen) atoms. The number of hydrogen-bond donors (Lipinski definition) is 1. The molecule has 2 aromatic heterocycles. The molecule has 0 aliphatic heterocycles. The molecule has 0 spiro atoms. The Morgan fingerprint density at radius 1 is 1.14 bits per heavy atom. The lowest BCUT2D eigenvalue weighted by Crippen LogP contribution is -2.23. The molecule has 0 saturated heterocycles. The average Bonchev–Trinajstić information content (AvgIpc) is 2.93. The second-order valence-corrected chi connectivity index (χ2v) is 5.37. The summed E-state index contributed by atoms with van der Waals surface area (Å²) in [7, 11) is 0. The van der Waals surface area contributed by atoms with E-state index in [2.05, 4.69) is 60.7 Å². The Hall–Kier alpha value is -2.13. The lowest BCUT2D eigenvalue weighted by Gasteiger charge is -2.18. The molecule has 0 radical (unpaired) electrons. The van der Waals surface area contributed by atoms with Gasteiger partial charge in [0, 0.05) is 17.8 Å². The summed E-state index contributed by atoms with van der Waals surface area (Å²) in [5, 5.41) is 8.06. The summed E-state index contributed by atoms with van der Waals surface area (Å²) in [5.41, 5.74) is 5.17. The van der Waals surface area contributed by atoms with Crippen LogP contribution < -0.4 is 5.32 Å². The highest BCUT2D eigenvalue weighted by atomic mass is 15.2. The average molecular weight is 279 g/mol. The van der Waals surface area contributed by atoms with E-state index in [-0.39, 0.29) is 6.04 Å². The number of hydrogen-bond acceptors (Lipinski definition) is 2. The molecule has 1 N–H and O–H groups in total. The molecule has 1 aromatic carbocycles. The number of nitrogens with one attached hydrogen (secondary N) is 1. The van der Waals surface area contributed by atoms with Crippen molar-refractivity contribution in [2.45, 2.75) is 26.3 Å². The molecule has 2 heterocycles. The van der Waals surface area contributed by atoms with E-state index in [9.17, 15) is 0 Å². The van der Waals surface area contributed by atoms with Gasteiger partial charge >= 0.3 is 0 Å². The van der Waals surface area contributed by atoms with Crippen molar-refractivity contribution >= 4 is 5.52 Å². The Labute approximate surface area is 125 Å². The first kappa shape index (κ1) is 13.8. The van der Waals surface area contributed by atoms with Crippen LogP contribution >= 0.6 is 0 Å². The fourth-order valence-corrected chi connectivity index (χ4v) is 2.82. The largest absolute Gasteiger partial charge is 0.310 e. The highest BCUT2D eigenvalue weighted by Crippen LogP contribution is 2.24. The second kappa shape index (κ2) is 6.10. The maximum absolute atomic E-state index is 4.46. The van der Waals surface area contributed by atoms with E-state index in [1.54, 1.807) is 0 Å². The van der Waals surface area contributed by atoms with Gasteiger partial charge in [-0.1, -0.05) is 37.3 Å². The Morgan fingerprint density at radius 3 is 2.76 bits per heavy atom. The molecule has 0 bridgehead atoms. The van der Waals surface area contributed by atoms with Crippen molar-refractivity contribution in [1.29, 1.82) is 0 Å². The van der Waals surface area contributed by atoms with Crippen molar-refractivity contribution in [2.24, 2.45) is 0 Å². The topological polar surface area (TPSA) is 29.3 Å². The third-order valence-corrected chi connectivity index (χ3v) is 3.97. The minimum atomic E-state index is 0.288. The number of aromatic nitrogens is 2. The fourth-order valence-electron chi connectivity index (χ4n) is 2.82. The number of rotatable bonds is 5. The van der Waals surface area contributed by atoms with Crippen molar-refractivity contribution < 1.29 is 0 Å². The highest BCUT2D eigenvalue weighted by Gasteiger charge is 2.16. The first-order chi connectivity index (χ1) is 10.3. The summed E-state index contributed by atoms with van der Waals surface area (Å²) in [6.45, 7) is 5.27. The molecule has 3 rings (SSSR count). The standard InChI is InChI=1S/C18H21N3/c1-3-19-17(12-15-9-5-4-8-14(15)2)16-13-20-21-11-7-6-10-18(16)21/h4-11,13,17,19H,3,12H2,1-2H3. The van der Waals surface area contributed by atoms with Crippen LogP contribution in [0, 0.1) is 6.92 Å². The predicted molar refractivity (Wildman–Crippen MR) is 86.5 cm³/mol. The van der Waals surface area contributed by atoms with Crippen molar-refractivity contribution in [3.63, 3.8) is 0 Å². The Balaban J connectivity index is 1.96. The van der Waals surface area contributed by atoms with E-state index in [1.165, 1.54) is 22.2 Å². The summed E-state index contributed by atoms with van der Waals surface area (Å²) >= 11 is 0. The van der Waals surface area contributed by atoms with Crippen LogP contribution in [-0.4, -0.2) is 16.2 Å². The summed E-state index contributed by atoms with van der Waals surface area (Å²) in [6.07, 6.45) is 4.97. The maximum atomic E-state index is 4.46. The zero-order chi connectivity index (χ0) is 14.7. The molecule has 0 aliphatic carbocycles. The van der Waals surface area contributed by atoms with E-state index in [1.807, 2.05) is 23.0 Å². The Morgan fingerprint density at radius 2 is 1.95 bits per heavy atom. The van der Waals surface area contributed by atoms with Gasteiger partial charge < -0.3 is 5.32 Å². The van der Waals surface area contributed by atoms with Gasteiger partial charge in [-0.05, 0) is 43.1 Å². The third-order valence-electron chi connectivity index (χ3n) is 3.97. The molecule has 3 heteroatoms. The van der Waals surface area contributed by atoms with Gasteiger partial charge in [-0.2, -0.15) is 5.10 Å². The van der Waals surface area contributed by atoms with Crippen LogP contribution in [-0.2, 0) is 6.42 Å². The quantitative estimate of drug-likeness (QED) is 0.774. The van der Waals surface area contributed by atoms with Gasteiger partial charge in [-0.3, -0.25) is 0 Å². The van der Waals surface area contributed by atoms with Crippen LogP contribution in [0.25, 0.3) is 5.52 Å². The number of benzene rings is 1. The van der Waals surface area contributed by atoms with E-state index >= 15 is 0 Å².